The van der Waals surface area contributed by atoms with Crippen LogP contribution >= 0.6 is 23.2 Å². The topological polar surface area (TPSA) is 15.3 Å². The number of nitrogens with one attached hydrogen (secondary N) is 1. The zero-order chi connectivity index (χ0) is 13.0. The summed E-state index contributed by atoms with van der Waals surface area (Å²) in [5, 5.41) is 4.88. The van der Waals surface area contributed by atoms with Gasteiger partial charge in [0.05, 0.1) is 0 Å². The molecule has 0 amide bonds. The third-order valence-corrected chi connectivity index (χ3v) is 4.12. The van der Waals surface area contributed by atoms with Gasteiger partial charge in [-0.2, -0.15) is 0 Å². The van der Waals surface area contributed by atoms with Crippen molar-refractivity contribution in [3.8, 4) is 0 Å². The van der Waals surface area contributed by atoms with Gasteiger partial charge in [-0.15, -0.1) is 0 Å². The summed E-state index contributed by atoms with van der Waals surface area (Å²) in [5.74, 6) is 0.774. The fourth-order valence-electron chi connectivity index (χ4n) is 2.43. The van der Waals surface area contributed by atoms with E-state index in [9.17, 15) is 0 Å². The molecule has 1 aliphatic rings. The highest BCUT2D eigenvalue weighted by molar-refractivity contribution is 6.35. The van der Waals surface area contributed by atoms with Crippen LogP contribution in [0.2, 0.25) is 10.0 Å². The van der Waals surface area contributed by atoms with Crippen LogP contribution in [0.1, 0.15) is 18.9 Å². The van der Waals surface area contributed by atoms with Crippen molar-refractivity contribution in [2.75, 3.05) is 26.2 Å². The van der Waals surface area contributed by atoms with E-state index >= 15 is 0 Å². The summed E-state index contributed by atoms with van der Waals surface area (Å²) < 4.78 is 0. The van der Waals surface area contributed by atoms with Crippen molar-refractivity contribution < 1.29 is 0 Å². The summed E-state index contributed by atoms with van der Waals surface area (Å²) in [6, 6.07) is 5.76. The molecule has 1 fully saturated rings. The summed E-state index contributed by atoms with van der Waals surface area (Å²) in [6.07, 6.45) is 1.28. The Balaban J connectivity index is 1.96. The van der Waals surface area contributed by atoms with Crippen LogP contribution in [-0.4, -0.2) is 31.1 Å². The molecule has 0 spiro atoms. The maximum absolute atomic E-state index is 6.22. The number of halogens is 2. The lowest BCUT2D eigenvalue weighted by molar-refractivity contribution is 0.240. The molecule has 18 heavy (non-hydrogen) atoms. The van der Waals surface area contributed by atoms with Crippen molar-refractivity contribution in [2.45, 2.75) is 19.9 Å². The summed E-state index contributed by atoms with van der Waals surface area (Å²) in [6.45, 7) is 7.60. The Morgan fingerprint density at radius 2 is 2.22 bits per heavy atom. The van der Waals surface area contributed by atoms with E-state index in [0.29, 0.717) is 5.02 Å². The monoisotopic (exact) mass is 286 g/mol. The molecule has 1 aromatic carbocycles. The Bertz CT molecular complexity index is 389. The molecule has 1 N–H and O–H groups in total. The molecule has 1 aromatic rings. The SMILES string of the molecule is CCN(Cc1ccc(Cl)cc1Cl)C[C@@H]1CCNC1. The highest BCUT2D eigenvalue weighted by atomic mass is 35.5. The van der Waals surface area contributed by atoms with E-state index in [0.717, 1.165) is 49.2 Å². The lowest BCUT2D eigenvalue weighted by Crippen LogP contribution is -2.30. The first-order valence-electron chi connectivity index (χ1n) is 6.56. The number of hydrogen-bond acceptors (Lipinski definition) is 2. The largest absolute Gasteiger partial charge is 0.316 e. The van der Waals surface area contributed by atoms with Crippen molar-refractivity contribution in [2.24, 2.45) is 5.92 Å². The average molecular weight is 287 g/mol. The minimum atomic E-state index is 0.701. The van der Waals surface area contributed by atoms with E-state index in [1.807, 2.05) is 18.2 Å². The fourth-order valence-corrected chi connectivity index (χ4v) is 2.90. The van der Waals surface area contributed by atoms with Gasteiger partial charge in [0.1, 0.15) is 0 Å². The molecule has 0 aliphatic carbocycles. The molecule has 4 heteroatoms. The molecule has 0 bridgehead atoms. The van der Waals surface area contributed by atoms with E-state index in [-0.39, 0.29) is 0 Å². The second-order valence-electron chi connectivity index (χ2n) is 4.92. The van der Waals surface area contributed by atoms with Crippen LogP contribution in [0.15, 0.2) is 18.2 Å². The molecule has 2 nitrogen and oxygen atoms in total. The number of nitrogens with zero attached hydrogens (tertiary/aromatic N) is 1. The zero-order valence-electron chi connectivity index (χ0n) is 10.8. The van der Waals surface area contributed by atoms with Gasteiger partial charge in [0.25, 0.3) is 0 Å². The predicted molar refractivity (Wildman–Crippen MR) is 78.4 cm³/mol. The van der Waals surface area contributed by atoms with Gasteiger partial charge in [0.15, 0.2) is 0 Å². The number of hydrogen-bond donors (Lipinski definition) is 1. The standard InChI is InChI=1S/C14H20Cl2N2/c1-2-18(9-11-5-6-17-8-11)10-12-3-4-13(15)7-14(12)16/h3-4,7,11,17H,2,5-6,8-10H2,1H3/t11-/m1/s1. The van der Waals surface area contributed by atoms with Crippen LogP contribution in [0.3, 0.4) is 0 Å². The average Bonchev–Trinajstić information content (AvgIpc) is 2.84. The number of rotatable bonds is 5. The Hall–Kier alpha value is -0.280. The van der Waals surface area contributed by atoms with E-state index in [1.54, 1.807) is 0 Å². The number of benzene rings is 1. The second kappa shape index (κ2) is 6.76. The van der Waals surface area contributed by atoms with E-state index in [1.165, 1.54) is 6.42 Å². The van der Waals surface area contributed by atoms with Gasteiger partial charge < -0.3 is 5.32 Å². The molecule has 1 atom stereocenters. The van der Waals surface area contributed by atoms with E-state index in [4.69, 9.17) is 23.2 Å². The van der Waals surface area contributed by atoms with Gasteiger partial charge in [-0.3, -0.25) is 4.90 Å². The molecule has 0 radical (unpaired) electrons. The van der Waals surface area contributed by atoms with Crippen LogP contribution in [0.25, 0.3) is 0 Å². The maximum atomic E-state index is 6.22. The molecule has 2 rings (SSSR count). The third-order valence-electron chi connectivity index (χ3n) is 3.54. The Morgan fingerprint density at radius 3 is 2.83 bits per heavy atom. The van der Waals surface area contributed by atoms with Gasteiger partial charge in [-0.05, 0) is 49.7 Å². The van der Waals surface area contributed by atoms with Crippen LogP contribution in [0, 0.1) is 5.92 Å². The minimum absolute atomic E-state index is 0.701. The molecule has 0 aromatic heterocycles. The molecule has 1 saturated heterocycles. The zero-order valence-corrected chi connectivity index (χ0v) is 12.3. The van der Waals surface area contributed by atoms with Crippen molar-refractivity contribution >= 4 is 23.2 Å². The first-order valence-corrected chi connectivity index (χ1v) is 7.31. The molecule has 1 aliphatic heterocycles. The molecule has 0 unspecified atom stereocenters. The molecule has 0 saturated carbocycles. The van der Waals surface area contributed by atoms with E-state index in [2.05, 4.69) is 17.1 Å². The van der Waals surface area contributed by atoms with Gasteiger partial charge in [0.2, 0.25) is 0 Å². The van der Waals surface area contributed by atoms with E-state index < -0.39 is 0 Å². The summed E-state index contributed by atoms with van der Waals surface area (Å²) >= 11 is 12.1. The van der Waals surface area contributed by atoms with Crippen LogP contribution in [0.4, 0.5) is 0 Å². The van der Waals surface area contributed by atoms with Crippen molar-refractivity contribution in [1.29, 1.82) is 0 Å². The van der Waals surface area contributed by atoms with Crippen LogP contribution in [-0.2, 0) is 6.54 Å². The molecule has 100 valence electrons. The predicted octanol–water partition coefficient (Wildman–Crippen LogP) is 3.42. The first-order chi connectivity index (χ1) is 8.69. The third kappa shape index (κ3) is 3.86. The molecule has 1 heterocycles. The Morgan fingerprint density at radius 1 is 1.39 bits per heavy atom. The van der Waals surface area contributed by atoms with Gasteiger partial charge in [-0.25, -0.2) is 0 Å². The van der Waals surface area contributed by atoms with Crippen molar-refractivity contribution in [3.63, 3.8) is 0 Å². The lowest BCUT2D eigenvalue weighted by atomic mass is 10.1. The maximum Gasteiger partial charge on any atom is 0.0465 e. The van der Waals surface area contributed by atoms with Crippen molar-refractivity contribution in [3.05, 3.63) is 33.8 Å². The highest BCUT2D eigenvalue weighted by Crippen LogP contribution is 2.23. The Labute approximate surface area is 119 Å². The molecular weight excluding hydrogens is 267 g/mol. The van der Waals surface area contributed by atoms with Gasteiger partial charge in [0, 0.05) is 23.1 Å². The van der Waals surface area contributed by atoms with Gasteiger partial charge in [-0.1, -0.05) is 36.2 Å². The Kier molecular flexibility index (Phi) is 5.31. The minimum Gasteiger partial charge on any atom is -0.316 e. The van der Waals surface area contributed by atoms with Crippen LogP contribution in [0.5, 0.6) is 0 Å². The lowest BCUT2D eigenvalue weighted by Gasteiger charge is -2.24. The summed E-state index contributed by atoms with van der Waals surface area (Å²) in [7, 11) is 0. The van der Waals surface area contributed by atoms with Gasteiger partial charge >= 0.3 is 0 Å². The summed E-state index contributed by atoms with van der Waals surface area (Å²) in [4.78, 5) is 2.45. The normalized spacial score (nSPS) is 19.7. The smallest absolute Gasteiger partial charge is 0.0465 e. The fraction of sp³-hybridized carbons (Fsp3) is 0.571. The van der Waals surface area contributed by atoms with Crippen LogP contribution < -0.4 is 5.32 Å². The highest BCUT2D eigenvalue weighted by Gasteiger charge is 2.18. The summed E-state index contributed by atoms with van der Waals surface area (Å²) in [5.41, 5.74) is 1.16. The molecular formula is C14H20Cl2N2. The first kappa shape index (κ1) is 14.1. The van der Waals surface area contributed by atoms with Crippen molar-refractivity contribution in [1.82, 2.24) is 10.2 Å². The quantitative estimate of drug-likeness (QED) is 0.892. The second-order valence-corrected chi connectivity index (χ2v) is 5.77.